The predicted octanol–water partition coefficient (Wildman–Crippen LogP) is 1.23. The molecule has 3 heteroatoms. The molecule has 2 N–H and O–H groups in total. The molecule has 1 saturated carbocycles. The van der Waals surface area contributed by atoms with Gasteiger partial charge in [0.05, 0.1) is 6.20 Å². The average Bonchev–Trinajstić information content (AvgIpc) is 2.78. The highest BCUT2D eigenvalue weighted by molar-refractivity contribution is 5.35. The van der Waals surface area contributed by atoms with Crippen LogP contribution in [0.2, 0.25) is 0 Å². The summed E-state index contributed by atoms with van der Waals surface area (Å²) in [6, 6.07) is 0. The largest absolute Gasteiger partial charge is 0.361 e. The minimum atomic E-state index is 0.377. The van der Waals surface area contributed by atoms with Gasteiger partial charge in [-0.05, 0) is 31.7 Å². The maximum Gasteiger partial charge on any atom is 0.140 e. The van der Waals surface area contributed by atoms with E-state index in [0.29, 0.717) is 11.3 Å². The van der Waals surface area contributed by atoms with E-state index in [0.717, 1.165) is 18.7 Å². The van der Waals surface area contributed by atoms with Gasteiger partial charge in [0.15, 0.2) is 0 Å². The topological polar surface area (TPSA) is 52.0 Å². The van der Waals surface area contributed by atoms with Gasteiger partial charge < -0.3 is 10.3 Å². The monoisotopic (exact) mass is 178 g/mol. The van der Waals surface area contributed by atoms with Crippen LogP contribution in [0.25, 0.3) is 0 Å². The van der Waals surface area contributed by atoms with Crippen molar-refractivity contribution in [2.45, 2.75) is 31.1 Å². The molecule has 1 unspecified atom stereocenters. The molecule has 0 amide bonds. The molecule has 3 rings (SSSR count). The summed E-state index contributed by atoms with van der Waals surface area (Å²) in [7, 11) is 0. The standard InChI is InChI=1S/C10H14N2O/c11-5-7-1-2-9-8(6-12-13-9)10(7)3-4-10/h6-7H,1-5,11H2. The van der Waals surface area contributed by atoms with Gasteiger partial charge in [0.1, 0.15) is 5.76 Å². The fourth-order valence-electron chi connectivity index (χ4n) is 2.81. The fraction of sp³-hybridized carbons (Fsp3) is 0.700. The first kappa shape index (κ1) is 7.56. The maximum absolute atomic E-state index is 5.79. The van der Waals surface area contributed by atoms with E-state index in [2.05, 4.69) is 5.16 Å². The van der Waals surface area contributed by atoms with Crippen LogP contribution >= 0.6 is 0 Å². The molecule has 0 saturated heterocycles. The van der Waals surface area contributed by atoms with E-state index >= 15 is 0 Å². The molecule has 1 heterocycles. The summed E-state index contributed by atoms with van der Waals surface area (Å²) in [6.07, 6.45) is 6.67. The lowest BCUT2D eigenvalue weighted by atomic mass is 9.75. The summed E-state index contributed by atoms with van der Waals surface area (Å²) in [5, 5.41) is 3.89. The van der Waals surface area contributed by atoms with Crippen LogP contribution in [0.5, 0.6) is 0 Å². The summed E-state index contributed by atoms with van der Waals surface area (Å²) < 4.78 is 5.23. The lowest BCUT2D eigenvalue weighted by molar-refractivity contribution is 0.311. The van der Waals surface area contributed by atoms with Crippen LogP contribution in [0.1, 0.15) is 30.6 Å². The Morgan fingerprint density at radius 3 is 3.15 bits per heavy atom. The zero-order chi connectivity index (χ0) is 8.89. The van der Waals surface area contributed by atoms with Crippen LogP contribution in [0.4, 0.5) is 0 Å². The Morgan fingerprint density at radius 1 is 1.62 bits per heavy atom. The van der Waals surface area contributed by atoms with Crippen LogP contribution in [-0.4, -0.2) is 11.7 Å². The Hall–Kier alpha value is -0.830. The molecule has 0 radical (unpaired) electrons. The zero-order valence-electron chi connectivity index (χ0n) is 7.62. The third kappa shape index (κ3) is 0.854. The number of hydrogen-bond donors (Lipinski definition) is 1. The molecular weight excluding hydrogens is 164 g/mol. The summed E-state index contributed by atoms with van der Waals surface area (Å²) in [4.78, 5) is 0. The second kappa shape index (κ2) is 2.35. The van der Waals surface area contributed by atoms with Gasteiger partial charge in [0.25, 0.3) is 0 Å². The molecular formula is C10H14N2O. The number of nitrogens with two attached hydrogens (primary N) is 1. The first-order valence-electron chi connectivity index (χ1n) is 5.01. The van der Waals surface area contributed by atoms with Crippen molar-refractivity contribution in [3.8, 4) is 0 Å². The van der Waals surface area contributed by atoms with Gasteiger partial charge in [0, 0.05) is 17.4 Å². The molecule has 1 fully saturated rings. The highest BCUT2D eigenvalue weighted by Crippen LogP contribution is 2.58. The SMILES string of the molecule is NCC1CCc2oncc2C12CC2. The van der Waals surface area contributed by atoms with E-state index in [1.807, 2.05) is 6.20 Å². The van der Waals surface area contributed by atoms with Crippen LogP contribution in [0.15, 0.2) is 10.7 Å². The lowest BCUT2D eigenvalue weighted by Crippen LogP contribution is -2.32. The second-order valence-electron chi connectivity index (χ2n) is 4.29. The van der Waals surface area contributed by atoms with E-state index in [-0.39, 0.29) is 0 Å². The van der Waals surface area contributed by atoms with Crippen molar-refractivity contribution < 1.29 is 4.52 Å². The minimum Gasteiger partial charge on any atom is -0.361 e. The third-order valence-electron chi connectivity index (χ3n) is 3.76. The quantitative estimate of drug-likeness (QED) is 0.703. The van der Waals surface area contributed by atoms with Crippen LogP contribution < -0.4 is 5.73 Å². The molecule has 0 aliphatic heterocycles. The minimum absolute atomic E-state index is 0.377. The summed E-state index contributed by atoms with van der Waals surface area (Å²) in [5.74, 6) is 1.78. The van der Waals surface area contributed by atoms with Crippen molar-refractivity contribution >= 4 is 0 Å². The molecule has 1 aromatic rings. The van der Waals surface area contributed by atoms with Crippen molar-refractivity contribution in [1.29, 1.82) is 0 Å². The molecule has 1 atom stereocenters. The van der Waals surface area contributed by atoms with Gasteiger partial charge in [-0.3, -0.25) is 0 Å². The van der Waals surface area contributed by atoms with Crippen molar-refractivity contribution in [1.82, 2.24) is 5.16 Å². The Bertz CT molecular complexity index is 327. The Morgan fingerprint density at radius 2 is 2.46 bits per heavy atom. The van der Waals surface area contributed by atoms with Crippen molar-refractivity contribution in [2.75, 3.05) is 6.54 Å². The smallest absolute Gasteiger partial charge is 0.140 e. The third-order valence-corrected chi connectivity index (χ3v) is 3.76. The number of aryl methyl sites for hydroxylation is 1. The normalized spacial score (nSPS) is 28.8. The summed E-state index contributed by atoms with van der Waals surface area (Å²) in [5.41, 5.74) is 7.53. The number of fused-ring (bicyclic) bond motifs is 2. The first-order chi connectivity index (χ1) is 6.37. The average molecular weight is 178 g/mol. The van der Waals surface area contributed by atoms with Gasteiger partial charge in [-0.2, -0.15) is 0 Å². The highest BCUT2D eigenvalue weighted by Gasteiger charge is 2.54. The maximum atomic E-state index is 5.79. The van der Waals surface area contributed by atoms with Crippen LogP contribution in [0.3, 0.4) is 0 Å². The molecule has 3 nitrogen and oxygen atoms in total. The lowest BCUT2D eigenvalue weighted by Gasteiger charge is -2.29. The van der Waals surface area contributed by atoms with Crippen molar-refractivity contribution in [2.24, 2.45) is 11.7 Å². The first-order valence-corrected chi connectivity index (χ1v) is 5.01. The fourth-order valence-corrected chi connectivity index (χ4v) is 2.81. The van der Waals surface area contributed by atoms with E-state index in [4.69, 9.17) is 10.3 Å². The van der Waals surface area contributed by atoms with Crippen molar-refractivity contribution in [3.63, 3.8) is 0 Å². The Kier molecular flexibility index (Phi) is 1.37. The Labute approximate surface area is 77.3 Å². The second-order valence-corrected chi connectivity index (χ2v) is 4.29. The number of hydrogen-bond acceptors (Lipinski definition) is 3. The molecule has 0 aromatic carbocycles. The van der Waals surface area contributed by atoms with Gasteiger partial charge in [0.2, 0.25) is 0 Å². The predicted molar refractivity (Wildman–Crippen MR) is 48.3 cm³/mol. The van der Waals surface area contributed by atoms with E-state index in [1.165, 1.54) is 24.8 Å². The van der Waals surface area contributed by atoms with Gasteiger partial charge in [-0.15, -0.1) is 0 Å². The van der Waals surface area contributed by atoms with Crippen molar-refractivity contribution in [3.05, 3.63) is 17.5 Å². The highest BCUT2D eigenvalue weighted by atomic mass is 16.5. The van der Waals surface area contributed by atoms with Gasteiger partial charge in [-0.25, -0.2) is 0 Å². The molecule has 2 aliphatic carbocycles. The van der Waals surface area contributed by atoms with E-state index in [1.54, 1.807) is 0 Å². The molecule has 70 valence electrons. The van der Waals surface area contributed by atoms with E-state index < -0.39 is 0 Å². The number of nitrogens with zero attached hydrogens (tertiary/aromatic N) is 1. The molecule has 1 aromatic heterocycles. The Balaban J connectivity index is 2.06. The van der Waals surface area contributed by atoms with Crippen LogP contribution in [-0.2, 0) is 11.8 Å². The molecule has 1 spiro atoms. The van der Waals surface area contributed by atoms with E-state index in [9.17, 15) is 0 Å². The van der Waals surface area contributed by atoms with Gasteiger partial charge >= 0.3 is 0 Å². The zero-order valence-corrected chi connectivity index (χ0v) is 7.62. The van der Waals surface area contributed by atoms with Crippen LogP contribution in [0, 0.1) is 5.92 Å². The molecule has 2 aliphatic rings. The molecule has 13 heavy (non-hydrogen) atoms. The summed E-state index contributed by atoms with van der Waals surface area (Å²) >= 11 is 0. The number of aromatic nitrogens is 1. The van der Waals surface area contributed by atoms with Gasteiger partial charge in [-0.1, -0.05) is 5.16 Å². The number of rotatable bonds is 1. The molecule has 0 bridgehead atoms. The summed E-state index contributed by atoms with van der Waals surface area (Å²) in [6.45, 7) is 0.810.